The second-order valence-electron chi connectivity index (χ2n) is 4.74. The van der Waals surface area contributed by atoms with Gasteiger partial charge in [-0.05, 0) is 19.1 Å². The summed E-state index contributed by atoms with van der Waals surface area (Å²) in [4.78, 5) is 4.53. The number of ether oxygens (including phenoxy) is 1. The van der Waals surface area contributed by atoms with E-state index < -0.39 is 0 Å². The highest BCUT2D eigenvalue weighted by atomic mass is 35.5. The molecule has 124 valence electrons. The second kappa shape index (κ2) is 9.05. The molecule has 6 heteroatoms. The van der Waals surface area contributed by atoms with Crippen LogP contribution in [0.15, 0.2) is 65.1 Å². The van der Waals surface area contributed by atoms with E-state index in [1.54, 1.807) is 6.21 Å². The molecule has 0 saturated carbocycles. The Kier molecular flexibility index (Phi) is 6.78. The van der Waals surface area contributed by atoms with Crippen molar-refractivity contribution < 1.29 is 4.74 Å². The maximum absolute atomic E-state index is 5.57. The molecule has 0 bridgehead atoms. The first-order valence-corrected chi connectivity index (χ1v) is 8.26. The van der Waals surface area contributed by atoms with Crippen LogP contribution in [0, 0.1) is 0 Å². The summed E-state index contributed by atoms with van der Waals surface area (Å²) in [6, 6.07) is 17.9. The highest BCUT2D eigenvalue weighted by molar-refractivity contribution is 7.14. The first-order chi connectivity index (χ1) is 11.4. The summed E-state index contributed by atoms with van der Waals surface area (Å²) in [5.74, 6) is 0.824. The number of thiazole rings is 1. The molecule has 1 heterocycles. The number of nitrogens with zero attached hydrogens (tertiary/aromatic N) is 2. The normalized spacial score (nSPS) is 10.4. The number of hydrogen-bond acceptors (Lipinski definition) is 5. The molecule has 0 atom stereocenters. The van der Waals surface area contributed by atoms with Crippen LogP contribution in [0.4, 0.5) is 5.13 Å². The third-order valence-electron chi connectivity index (χ3n) is 3.16. The molecule has 0 amide bonds. The number of aromatic nitrogens is 1. The molecular weight excluding hydrogens is 342 g/mol. The Morgan fingerprint density at radius 2 is 1.88 bits per heavy atom. The van der Waals surface area contributed by atoms with E-state index in [1.807, 2.05) is 66.9 Å². The molecule has 0 aliphatic rings. The molecule has 4 nitrogen and oxygen atoms in total. The van der Waals surface area contributed by atoms with Crippen LogP contribution in [0.1, 0.15) is 12.5 Å². The minimum atomic E-state index is 0. The maximum Gasteiger partial charge on any atom is 0.203 e. The molecule has 0 aliphatic heterocycles. The molecule has 3 aromatic rings. The molecule has 0 fully saturated rings. The van der Waals surface area contributed by atoms with Crippen molar-refractivity contribution in [1.82, 2.24) is 4.98 Å². The predicted molar refractivity (Wildman–Crippen MR) is 104 cm³/mol. The van der Waals surface area contributed by atoms with Crippen LogP contribution in [0.2, 0.25) is 0 Å². The minimum absolute atomic E-state index is 0. The van der Waals surface area contributed by atoms with Crippen molar-refractivity contribution in [3.63, 3.8) is 0 Å². The summed E-state index contributed by atoms with van der Waals surface area (Å²) in [5, 5.41) is 7.03. The van der Waals surface area contributed by atoms with Crippen molar-refractivity contribution in [1.29, 1.82) is 0 Å². The Labute approximate surface area is 151 Å². The maximum atomic E-state index is 5.57. The standard InChI is InChI=1S/C18H17N3OS.ClH/c1-2-22-17-11-7-6-10-15(17)12-19-21-18-20-16(13-23-18)14-8-4-3-5-9-14;/h3-13H,2H2,1H3,(H,20,21);1H. The van der Waals surface area contributed by atoms with Crippen molar-refractivity contribution in [2.45, 2.75) is 6.92 Å². The van der Waals surface area contributed by atoms with Gasteiger partial charge in [0.15, 0.2) is 0 Å². The average Bonchev–Trinajstić information content (AvgIpc) is 3.06. The monoisotopic (exact) mass is 359 g/mol. The molecule has 0 unspecified atom stereocenters. The van der Waals surface area contributed by atoms with Crippen molar-refractivity contribution in [3.8, 4) is 17.0 Å². The van der Waals surface area contributed by atoms with Gasteiger partial charge in [0.25, 0.3) is 0 Å². The number of hydrazone groups is 1. The highest BCUT2D eigenvalue weighted by Gasteiger charge is 2.03. The molecule has 1 N–H and O–H groups in total. The number of rotatable bonds is 6. The Hall–Kier alpha value is -2.37. The summed E-state index contributed by atoms with van der Waals surface area (Å²) in [5.41, 5.74) is 5.95. The molecule has 0 spiro atoms. The lowest BCUT2D eigenvalue weighted by atomic mass is 10.2. The lowest BCUT2D eigenvalue weighted by molar-refractivity contribution is 0.340. The van der Waals surface area contributed by atoms with Crippen LogP contribution in [0.25, 0.3) is 11.3 Å². The zero-order chi connectivity index (χ0) is 15.9. The molecule has 2 aromatic carbocycles. The third kappa shape index (κ3) is 4.57. The molecule has 0 aliphatic carbocycles. The van der Waals surface area contributed by atoms with E-state index in [0.29, 0.717) is 6.61 Å². The zero-order valence-corrected chi connectivity index (χ0v) is 14.8. The summed E-state index contributed by atoms with van der Waals surface area (Å²) in [6.45, 7) is 2.60. The SMILES string of the molecule is CCOc1ccccc1C=NNc1nc(-c2ccccc2)cs1.Cl. The Morgan fingerprint density at radius 3 is 2.67 bits per heavy atom. The van der Waals surface area contributed by atoms with Gasteiger partial charge in [0, 0.05) is 16.5 Å². The Bertz CT molecular complexity index is 790. The fourth-order valence-corrected chi connectivity index (χ4v) is 2.77. The molecule has 1 aromatic heterocycles. The van der Waals surface area contributed by atoms with Gasteiger partial charge < -0.3 is 4.74 Å². The summed E-state index contributed by atoms with van der Waals surface area (Å²) < 4.78 is 5.57. The van der Waals surface area contributed by atoms with E-state index >= 15 is 0 Å². The lowest BCUT2D eigenvalue weighted by Crippen LogP contribution is -1.97. The van der Waals surface area contributed by atoms with E-state index in [4.69, 9.17) is 4.74 Å². The van der Waals surface area contributed by atoms with Gasteiger partial charge in [-0.2, -0.15) is 5.10 Å². The lowest BCUT2D eigenvalue weighted by Gasteiger charge is -2.05. The number of halogens is 1. The summed E-state index contributed by atoms with van der Waals surface area (Å²) >= 11 is 1.53. The van der Waals surface area contributed by atoms with Gasteiger partial charge in [0.1, 0.15) is 5.75 Å². The van der Waals surface area contributed by atoms with Crippen LogP contribution in [0.3, 0.4) is 0 Å². The summed E-state index contributed by atoms with van der Waals surface area (Å²) in [6.07, 6.45) is 1.74. The third-order valence-corrected chi connectivity index (χ3v) is 3.90. The van der Waals surface area contributed by atoms with Crippen LogP contribution < -0.4 is 10.2 Å². The second-order valence-corrected chi connectivity index (χ2v) is 5.60. The molecule has 0 radical (unpaired) electrons. The molecule has 0 saturated heterocycles. The van der Waals surface area contributed by atoms with Gasteiger partial charge in [-0.15, -0.1) is 23.7 Å². The fraction of sp³-hybridized carbons (Fsp3) is 0.111. The Balaban J connectivity index is 0.00000208. The minimum Gasteiger partial charge on any atom is -0.493 e. The number of anilines is 1. The number of nitrogens with one attached hydrogen (secondary N) is 1. The van der Waals surface area contributed by atoms with Crippen LogP contribution in [-0.2, 0) is 0 Å². The molecule has 24 heavy (non-hydrogen) atoms. The average molecular weight is 360 g/mol. The van der Waals surface area contributed by atoms with Crippen LogP contribution >= 0.6 is 23.7 Å². The largest absolute Gasteiger partial charge is 0.493 e. The van der Waals surface area contributed by atoms with Gasteiger partial charge in [-0.3, -0.25) is 5.43 Å². The van der Waals surface area contributed by atoms with Gasteiger partial charge in [0.2, 0.25) is 5.13 Å². The molecule has 3 rings (SSSR count). The quantitative estimate of drug-likeness (QED) is 0.493. The first-order valence-electron chi connectivity index (χ1n) is 7.38. The van der Waals surface area contributed by atoms with E-state index in [9.17, 15) is 0 Å². The summed E-state index contributed by atoms with van der Waals surface area (Å²) in [7, 11) is 0. The predicted octanol–water partition coefficient (Wildman–Crippen LogP) is 5.08. The van der Waals surface area contributed by atoms with Crippen LogP contribution in [-0.4, -0.2) is 17.8 Å². The van der Waals surface area contributed by atoms with E-state index in [0.717, 1.165) is 27.7 Å². The Morgan fingerprint density at radius 1 is 1.12 bits per heavy atom. The fourth-order valence-electron chi connectivity index (χ4n) is 2.10. The van der Waals surface area contributed by atoms with E-state index in [-0.39, 0.29) is 12.4 Å². The number of para-hydroxylation sites is 1. The zero-order valence-electron chi connectivity index (χ0n) is 13.2. The number of benzene rings is 2. The topological polar surface area (TPSA) is 46.5 Å². The van der Waals surface area contributed by atoms with Gasteiger partial charge >= 0.3 is 0 Å². The van der Waals surface area contributed by atoms with Gasteiger partial charge in [-0.25, -0.2) is 4.98 Å². The molecular formula is C18H18ClN3OS. The van der Waals surface area contributed by atoms with E-state index in [1.165, 1.54) is 11.3 Å². The van der Waals surface area contributed by atoms with Crippen molar-refractivity contribution in [2.24, 2.45) is 5.10 Å². The van der Waals surface area contributed by atoms with Crippen molar-refractivity contribution >= 4 is 35.1 Å². The van der Waals surface area contributed by atoms with Crippen molar-refractivity contribution in [2.75, 3.05) is 12.0 Å². The number of hydrogen-bond donors (Lipinski definition) is 1. The van der Waals surface area contributed by atoms with E-state index in [2.05, 4.69) is 15.5 Å². The highest BCUT2D eigenvalue weighted by Crippen LogP contribution is 2.24. The smallest absolute Gasteiger partial charge is 0.203 e. The van der Waals surface area contributed by atoms with Gasteiger partial charge in [0.05, 0.1) is 18.5 Å². The first kappa shape index (κ1) is 18.0. The van der Waals surface area contributed by atoms with Gasteiger partial charge in [-0.1, -0.05) is 42.5 Å². The van der Waals surface area contributed by atoms with Crippen LogP contribution in [0.5, 0.6) is 5.75 Å². The van der Waals surface area contributed by atoms with Crippen molar-refractivity contribution in [3.05, 3.63) is 65.5 Å².